The topological polar surface area (TPSA) is 104 Å². The van der Waals surface area contributed by atoms with Gasteiger partial charge in [-0.15, -0.1) is 0 Å². The summed E-state index contributed by atoms with van der Waals surface area (Å²) < 4.78 is 39.2. The van der Waals surface area contributed by atoms with E-state index in [4.69, 9.17) is 9.15 Å². The second-order valence-corrected chi connectivity index (χ2v) is 10.5. The van der Waals surface area contributed by atoms with Crippen LogP contribution in [0.5, 0.6) is 0 Å². The van der Waals surface area contributed by atoms with Gasteiger partial charge in [-0.25, -0.2) is 8.78 Å². The van der Waals surface area contributed by atoms with Crippen molar-refractivity contribution in [2.24, 2.45) is 5.92 Å². The molecule has 0 aliphatic carbocycles. The number of carbonyl (C=O) groups is 2. The van der Waals surface area contributed by atoms with Crippen LogP contribution in [0.25, 0.3) is 0 Å². The summed E-state index contributed by atoms with van der Waals surface area (Å²) in [5.74, 6) is -2.05. The maximum absolute atomic E-state index is 13.9. The van der Waals surface area contributed by atoms with Gasteiger partial charge in [0.05, 0.1) is 43.6 Å². The molecule has 8 nitrogen and oxygen atoms in total. The molecule has 40 heavy (non-hydrogen) atoms. The molecule has 0 saturated carbocycles. The van der Waals surface area contributed by atoms with Crippen molar-refractivity contribution in [3.05, 3.63) is 95.4 Å². The summed E-state index contributed by atoms with van der Waals surface area (Å²) in [5.41, 5.74) is 1.34. The molecule has 0 bridgehead atoms. The van der Waals surface area contributed by atoms with Crippen LogP contribution in [0, 0.1) is 17.6 Å². The monoisotopic (exact) mass is 553 g/mol. The van der Waals surface area contributed by atoms with Crippen molar-refractivity contribution in [3.8, 4) is 0 Å². The SMILES string of the molecule is O=C(N[C@@H](Cc1cc(F)cc(F)c1)[C@H](O)[C@H]1C[C@@H](OCc2ccccc2)CN1)C1CC(=O)N(Cc2ccco2)C1. The van der Waals surface area contributed by atoms with Crippen LogP contribution in [0.15, 0.2) is 71.3 Å². The molecule has 1 aromatic heterocycles. The van der Waals surface area contributed by atoms with Gasteiger partial charge < -0.3 is 29.8 Å². The molecular weight excluding hydrogens is 520 g/mol. The van der Waals surface area contributed by atoms with E-state index in [0.717, 1.165) is 11.6 Å². The number of hydrogen-bond acceptors (Lipinski definition) is 6. The molecule has 2 aliphatic rings. The highest BCUT2D eigenvalue weighted by atomic mass is 19.1. The van der Waals surface area contributed by atoms with Crippen LogP contribution < -0.4 is 10.6 Å². The molecule has 3 heterocycles. The van der Waals surface area contributed by atoms with Crippen LogP contribution >= 0.6 is 0 Å². The Morgan fingerprint density at radius 1 is 1.12 bits per heavy atom. The molecule has 2 amide bonds. The molecular formula is C30H33F2N3O5. The van der Waals surface area contributed by atoms with Gasteiger partial charge in [0, 0.05) is 31.6 Å². The van der Waals surface area contributed by atoms with Gasteiger partial charge in [0.1, 0.15) is 17.4 Å². The number of rotatable bonds is 11. The highest BCUT2D eigenvalue weighted by Crippen LogP contribution is 2.23. The number of nitrogens with zero attached hydrogens (tertiary/aromatic N) is 1. The minimum atomic E-state index is -1.07. The third-order valence-electron chi connectivity index (χ3n) is 7.50. The number of likely N-dealkylation sites (tertiary alicyclic amines) is 1. The first kappa shape index (κ1) is 27.9. The average Bonchev–Trinajstić information content (AvgIpc) is 3.69. The number of hydrogen-bond donors (Lipinski definition) is 3. The quantitative estimate of drug-likeness (QED) is 0.338. The Balaban J connectivity index is 1.24. The number of amides is 2. The zero-order valence-electron chi connectivity index (χ0n) is 22.0. The van der Waals surface area contributed by atoms with Crippen molar-refractivity contribution < 1.29 is 32.6 Å². The lowest BCUT2D eigenvalue weighted by Crippen LogP contribution is -2.53. The molecule has 5 rings (SSSR count). The molecule has 2 aromatic carbocycles. The number of furan rings is 1. The Hall–Kier alpha value is -3.60. The van der Waals surface area contributed by atoms with E-state index in [1.54, 1.807) is 17.0 Å². The molecule has 2 fully saturated rings. The summed E-state index contributed by atoms with van der Waals surface area (Å²) in [7, 11) is 0. The van der Waals surface area contributed by atoms with Crippen LogP contribution in [-0.4, -0.2) is 59.2 Å². The average molecular weight is 554 g/mol. The highest BCUT2D eigenvalue weighted by Gasteiger charge is 2.39. The fraction of sp³-hybridized carbons (Fsp3) is 0.400. The molecule has 1 unspecified atom stereocenters. The van der Waals surface area contributed by atoms with E-state index in [9.17, 15) is 23.5 Å². The van der Waals surface area contributed by atoms with Gasteiger partial charge in [-0.2, -0.15) is 0 Å². The second-order valence-electron chi connectivity index (χ2n) is 10.5. The lowest BCUT2D eigenvalue weighted by atomic mass is 9.94. The van der Waals surface area contributed by atoms with E-state index < -0.39 is 41.6 Å². The highest BCUT2D eigenvalue weighted by molar-refractivity contribution is 5.89. The van der Waals surface area contributed by atoms with E-state index >= 15 is 0 Å². The summed E-state index contributed by atoms with van der Waals surface area (Å²) in [6.07, 6.45) is 0.835. The summed E-state index contributed by atoms with van der Waals surface area (Å²) in [6.45, 7) is 1.42. The third-order valence-corrected chi connectivity index (χ3v) is 7.50. The Kier molecular flexibility index (Phi) is 8.88. The first-order valence-electron chi connectivity index (χ1n) is 13.5. The molecule has 212 valence electrons. The van der Waals surface area contributed by atoms with E-state index in [2.05, 4.69) is 10.6 Å². The maximum atomic E-state index is 13.9. The minimum absolute atomic E-state index is 0.00603. The van der Waals surface area contributed by atoms with Crippen LogP contribution in [0.2, 0.25) is 0 Å². The molecule has 2 aliphatic heterocycles. The fourth-order valence-electron chi connectivity index (χ4n) is 5.42. The van der Waals surface area contributed by atoms with Crippen molar-refractivity contribution >= 4 is 11.8 Å². The largest absolute Gasteiger partial charge is 0.467 e. The standard InChI is InChI=1S/C30H33F2N3O5/c31-22-9-20(10-23(32)13-22)11-27(29(37)26-14-25(15-33-26)40-18-19-5-2-1-3-6-19)34-30(38)21-12-28(36)35(16-21)17-24-7-4-8-39-24/h1-10,13,21,25-27,29,33,37H,11-12,14-18H2,(H,34,38)/t21?,25-,26-,27+,29-/m1/s1. The zero-order chi connectivity index (χ0) is 28.1. The summed E-state index contributed by atoms with van der Waals surface area (Å²) in [6, 6.07) is 15.1. The van der Waals surface area contributed by atoms with Crippen molar-refractivity contribution in [1.29, 1.82) is 0 Å². The number of aliphatic hydroxyl groups is 1. The summed E-state index contributed by atoms with van der Waals surface area (Å²) >= 11 is 0. The maximum Gasteiger partial charge on any atom is 0.225 e. The van der Waals surface area contributed by atoms with Crippen molar-refractivity contribution in [2.75, 3.05) is 13.1 Å². The van der Waals surface area contributed by atoms with Crippen molar-refractivity contribution in [1.82, 2.24) is 15.5 Å². The van der Waals surface area contributed by atoms with Crippen LogP contribution in [-0.2, 0) is 33.9 Å². The second kappa shape index (κ2) is 12.7. The van der Waals surface area contributed by atoms with E-state index in [0.29, 0.717) is 30.9 Å². The van der Waals surface area contributed by atoms with Gasteiger partial charge in [0.15, 0.2) is 0 Å². The number of aliphatic hydroxyl groups excluding tert-OH is 1. The Bertz CT molecular complexity index is 1270. The Morgan fingerprint density at radius 3 is 2.62 bits per heavy atom. The fourth-order valence-corrected chi connectivity index (χ4v) is 5.42. The number of benzene rings is 2. The predicted octanol–water partition coefficient (Wildman–Crippen LogP) is 2.94. The lowest BCUT2D eigenvalue weighted by Gasteiger charge is -2.29. The number of carbonyl (C=O) groups excluding carboxylic acids is 2. The normalized spacial score (nSPS) is 22.4. The van der Waals surface area contributed by atoms with Crippen molar-refractivity contribution in [2.45, 2.75) is 56.7 Å². The Labute approximate surface area is 231 Å². The molecule has 5 atom stereocenters. The van der Waals surface area contributed by atoms with Crippen LogP contribution in [0.3, 0.4) is 0 Å². The molecule has 2 saturated heterocycles. The first-order valence-corrected chi connectivity index (χ1v) is 13.5. The van der Waals surface area contributed by atoms with Crippen LogP contribution in [0.4, 0.5) is 8.78 Å². The van der Waals surface area contributed by atoms with Gasteiger partial charge in [-0.05, 0) is 48.2 Å². The molecule has 3 N–H and O–H groups in total. The number of nitrogens with one attached hydrogen (secondary N) is 2. The van der Waals surface area contributed by atoms with Crippen LogP contribution in [0.1, 0.15) is 29.7 Å². The lowest BCUT2D eigenvalue weighted by molar-refractivity contribution is -0.129. The molecule has 0 radical (unpaired) electrons. The van der Waals surface area contributed by atoms with Gasteiger partial charge in [-0.1, -0.05) is 30.3 Å². The minimum Gasteiger partial charge on any atom is -0.467 e. The van der Waals surface area contributed by atoms with E-state index in [1.165, 1.54) is 18.4 Å². The predicted molar refractivity (Wildman–Crippen MR) is 142 cm³/mol. The number of halogens is 2. The zero-order valence-corrected chi connectivity index (χ0v) is 22.0. The molecule has 10 heteroatoms. The van der Waals surface area contributed by atoms with E-state index in [1.807, 2.05) is 30.3 Å². The molecule has 3 aromatic rings. The number of ether oxygens (including phenoxy) is 1. The van der Waals surface area contributed by atoms with Gasteiger partial charge >= 0.3 is 0 Å². The first-order chi connectivity index (χ1) is 19.3. The van der Waals surface area contributed by atoms with E-state index in [-0.39, 0.29) is 37.9 Å². The Morgan fingerprint density at radius 2 is 1.90 bits per heavy atom. The van der Waals surface area contributed by atoms with Gasteiger partial charge in [0.25, 0.3) is 0 Å². The summed E-state index contributed by atoms with van der Waals surface area (Å²) in [4.78, 5) is 27.4. The summed E-state index contributed by atoms with van der Waals surface area (Å²) in [5, 5.41) is 17.5. The van der Waals surface area contributed by atoms with Gasteiger partial charge in [0.2, 0.25) is 11.8 Å². The third kappa shape index (κ3) is 7.12. The molecule has 0 spiro atoms. The van der Waals surface area contributed by atoms with Gasteiger partial charge in [-0.3, -0.25) is 9.59 Å². The van der Waals surface area contributed by atoms with Crippen molar-refractivity contribution in [3.63, 3.8) is 0 Å². The smallest absolute Gasteiger partial charge is 0.225 e.